The molecule has 0 aliphatic rings. The molecule has 0 radical (unpaired) electrons. The van der Waals surface area contributed by atoms with Crippen molar-refractivity contribution in [2.75, 3.05) is 13.2 Å². The van der Waals surface area contributed by atoms with E-state index in [1.54, 1.807) is 24.4 Å². The third-order valence-corrected chi connectivity index (χ3v) is 3.16. The number of nitrogens with zero attached hydrogens (tertiary/aromatic N) is 1. The summed E-state index contributed by atoms with van der Waals surface area (Å²) in [4.78, 5) is 16.0. The van der Waals surface area contributed by atoms with Crippen LogP contribution in [0.5, 0.6) is 0 Å². The molecule has 0 aliphatic carbocycles. The molecule has 2 rings (SSSR count). The van der Waals surface area contributed by atoms with Crippen molar-refractivity contribution in [3.8, 4) is 0 Å². The van der Waals surface area contributed by atoms with Crippen molar-refractivity contribution in [1.29, 1.82) is 0 Å². The van der Waals surface area contributed by atoms with Crippen LogP contribution >= 0.6 is 0 Å². The lowest BCUT2D eigenvalue weighted by atomic mass is 9.96. The number of hydrogen-bond donors (Lipinski definition) is 2. The van der Waals surface area contributed by atoms with Gasteiger partial charge in [0.2, 0.25) is 0 Å². The summed E-state index contributed by atoms with van der Waals surface area (Å²) < 4.78 is 0. The summed E-state index contributed by atoms with van der Waals surface area (Å²) >= 11 is 0. The van der Waals surface area contributed by atoms with Crippen molar-refractivity contribution in [2.24, 2.45) is 0 Å². The van der Waals surface area contributed by atoms with Gasteiger partial charge in [0.1, 0.15) is 5.69 Å². The van der Waals surface area contributed by atoms with Gasteiger partial charge < -0.3 is 10.4 Å². The highest BCUT2D eigenvalue weighted by atomic mass is 16.3. The van der Waals surface area contributed by atoms with Crippen molar-refractivity contribution < 1.29 is 9.90 Å². The molecule has 20 heavy (non-hydrogen) atoms. The monoisotopic (exact) mass is 270 g/mol. The quantitative estimate of drug-likeness (QED) is 0.843. The van der Waals surface area contributed by atoms with E-state index in [2.05, 4.69) is 10.3 Å². The number of hydrogen-bond acceptors (Lipinski definition) is 3. The number of aliphatic hydroxyl groups is 1. The molecule has 0 spiro atoms. The van der Waals surface area contributed by atoms with Crippen molar-refractivity contribution in [3.05, 3.63) is 66.0 Å². The second kappa shape index (κ2) is 7.40. The van der Waals surface area contributed by atoms with Gasteiger partial charge in [-0.25, -0.2) is 0 Å². The number of benzene rings is 1. The predicted octanol–water partition coefficient (Wildman–Crippen LogP) is 1.98. The molecule has 0 fully saturated rings. The summed E-state index contributed by atoms with van der Waals surface area (Å²) in [6.45, 7) is 0.582. The average Bonchev–Trinajstić information content (AvgIpc) is 2.53. The Balaban J connectivity index is 1.98. The molecule has 1 aromatic heterocycles. The van der Waals surface area contributed by atoms with E-state index in [-0.39, 0.29) is 18.4 Å². The summed E-state index contributed by atoms with van der Waals surface area (Å²) in [5, 5.41) is 12.0. The number of nitrogens with one attached hydrogen (secondary N) is 1. The standard InChI is InChI=1S/C16H18N2O2/c19-11-9-14(13-6-2-1-3-7-13)12-18-16(20)15-8-4-5-10-17-15/h1-8,10,14,19H,9,11-12H2,(H,18,20). The van der Waals surface area contributed by atoms with Crippen LogP contribution in [-0.2, 0) is 0 Å². The van der Waals surface area contributed by atoms with Gasteiger partial charge in [0, 0.05) is 25.3 Å². The molecule has 4 nitrogen and oxygen atoms in total. The van der Waals surface area contributed by atoms with Crippen LogP contribution in [0.3, 0.4) is 0 Å². The first-order chi connectivity index (χ1) is 9.81. The van der Waals surface area contributed by atoms with E-state index in [4.69, 9.17) is 5.11 Å². The first-order valence-corrected chi connectivity index (χ1v) is 6.66. The largest absolute Gasteiger partial charge is 0.396 e. The summed E-state index contributed by atoms with van der Waals surface area (Å²) in [6, 6.07) is 15.1. The summed E-state index contributed by atoms with van der Waals surface area (Å²) in [6.07, 6.45) is 2.21. The molecular weight excluding hydrogens is 252 g/mol. The number of rotatable bonds is 6. The van der Waals surface area contributed by atoms with Crippen LogP contribution in [0.2, 0.25) is 0 Å². The van der Waals surface area contributed by atoms with E-state index in [1.807, 2.05) is 30.3 Å². The fourth-order valence-corrected chi connectivity index (χ4v) is 2.07. The minimum atomic E-state index is -0.190. The highest BCUT2D eigenvalue weighted by Crippen LogP contribution is 2.18. The molecule has 4 heteroatoms. The Hall–Kier alpha value is -2.20. The minimum Gasteiger partial charge on any atom is -0.396 e. The van der Waals surface area contributed by atoms with Crippen LogP contribution in [0.4, 0.5) is 0 Å². The molecule has 1 aromatic carbocycles. The van der Waals surface area contributed by atoms with E-state index in [0.29, 0.717) is 18.7 Å². The van der Waals surface area contributed by atoms with E-state index in [0.717, 1.165) is 5.56 Å². The van der Waals surface area contributed by atoms with Gasteiger partial charge in [0.15, 0.2) is 0 Å². The van der Waals surface area contributed by atoms with Gasteiger partial charge in [-0.15, -0.1) is 0 Å². The Labute approximate surface area is 118 Å². The van der Waals surface area contributed by atoms with Gasteiger partial charge in [-0.1, -0.05) is 36.4 Å². The second-order valence-electron chi connectivity index (χ2n) is 4.54. The Morgan fingerprint density at radius 2 is 1.90 bits per heavy atom. The molecule has 2 N–H and O–H groups in total. The average molecular weight is 270 g/mol. The summed E-state index contributed by atoms with van der Waals surface area (Å²) in [7, 11) is 0. The molecule has 1 unspecified atom stereocenters. The highest BCUT2D eigenvalue weighted by molar-refractivity contribution is 5.92. The van der Waals surface area contributed by atoms with Crippen molar-refractivity contribution in [2.45, 2.75) is 12.3 Å². The Bertz CT molecular complexity index is 529. The molecule has 0 bridgehead atoms. The van der Waals surface area contributed by atoms with E-state index in [9.17, 15) is 4.79 Å². The molecular formula is C16H18N2O2. The number of carbonyl (C=O) groups excluding carboxylic acids is 1. The van der Waals surface area contributed by atoms with Gasteiger partial charge in [-0.3, -0.25) is 9.78 Å². The zero-order valence-corrected chi connectivity index (χ0v) is 11.2. The zero-order valence-electron chi connectivity index (χ0n) is 11.2. The van der Waals surface area contributed by atoms with Crippen LogP contribution in [0.15, 0.2) is 54.7 Å². The molecule has 2 aromatic rings. The van der Waals surface area contributed by atoms with Crippen LogP contribution in [0.1, 0.15) is 28.4 Å². The lowest BCUT2D eigenvalue weighted by molar-refractivity contribution is 0.0944. The topological polar surface area (TPSA) is 62.2 Å². The molecule has 1 heterocycles. The molecule has 1 atom stereocenters. The van der Waals surface area contributed by atoms with Gasteiger partial charge in [-0.2, -0.15) is 0 Å². The van der Waals surface area contributed by atoms with Crippen molar-refractivity contribution in [3.63, 3.8) is 0 Å². The van der Waals surface area contributed by atoms with E-state index >= 15 is 0 Å². The smallest absolute Gasteiger partial charge is 0.269 e. The van der Waals surface area contributed by atoms with Gasteiger partial charge in [0.25, 0.3) is 5.91 Å². The molecule has 1 amide bonds. The van der Waals surface area contributed by atoms with Gasteiger partial charge in [0.05, 0.1) is 0 Å². The lowest BCUT2D eigenvalue weighted by Gasteiger charge is -2.17. The fourth-order valence-electron chi connectivity index (χ4n) is 2.07. The van der Waals surface area contributed by atoms with Crippen LogP contribution in [-0.4, -0.2) is 29.1 Å². The maximum Gasteiger partial charge on any atom is 0.269 e. The lowest BCUT2D eigenvalue weighted by Crippen LogP contribution is -2.29. The Morgan fingerprint density at radius 3 is 2.55 bits per heavy atom. The van der Waals surface area contributed by atoms with E-state index in [1.165, 1.54) is 0 Å². The number of aliphatic hydroxyl groups excluding tert-OH is 1. The van der Waals surface area contributed by atoms with Gasteiger partial charge >= 0.3 is 0 Å². The number of aromatic nitrogens is 1. The maximum atomic E-state index is 11.9. The molecule has 0 saturated heterocycles. The van der Waals surface area contributed by atoms with Gasteiger partial charge in [-0.05, 0) is 24.1 Å². The molecule has 0 saturated carbocycles. The first-order valence-electron chi connectivity index (χ1n) is 6.66. The third kappa shape index (κ3) is 3.90. The summed E-state index contributed by atoms with van der Waals surface area (Å²) in [5.41, 5.74) is 1.52. The fraction of sp³-hybridized carbons (Fsp3) is 0.250. The second-order valence-corrected chi connectivity index (χ2v) is 4.54. The predicted molar refractivity (Wildman–Crippen MR) is 77.5 cm³/mol. The van der Waals surface area contributed by atoms with Crippen molar-refractivity contribution >= 4 is 5.91 Å². The molecule has 104 valence electrons. The minimum absolute atomic E-state index is 0.0962. The number of amides is 1. The van der Waals surface area contributed by atoms with Crippen LogP contribution in [0.25, 0.3) is 0 Å². The van der Waals surface area contributed by atoms with E-state index < -0.39 is 0 Å². The zero-order chi connectivity index (χ0) is 14.2. The maximum absolute atomic E-state index is 11.9. The highest BCUT2D eigenvalue weighted by Gasteiger charge is 2.13. The summed E-state index contributed by atoms with van der Waals surface area (Å²) in [5.74, 6) is -0.0849. The Morgan fingerprint density at radius 1 is 1.15 bits per heavy atom. The number of carbonyl (C=O) groups is 1. The first kappa shape index (κ1) is 14.2. The Kier molecular flexibility index (Phi) is 5.26. The van der Waals surface area contributed by atoms with Crippen LogP contribution in [0, 0.1) is 0 Å². The third-order valence-electron chi connectivity index (χ3n) is 3.16. The van der Waals surface area contributed by atoms with Crippen LogP contribution < -0.4 is 5.32 Å². The normalized spacial score (nSPS) is 11.8. The number of pyridine rings is 1. The SMILES string of the molecule is O=C(NCC(CCO)c1ccccc1)c1ccccn1. The van der Waals surface area contributed by atoms with Crippen molar-refractivity contribution in [1.82, 2.24) is 10.3 Å². The molecule has 0 aliphatic heterocycles.